The third-order valence-electron chi connectivity index (χ3n) is 3.07. The van der Waals surface area contributed by atoms with Crippen molar-refractivity contribution in [1.82, 2.24) is 5.32 Å². The molecule has 0 bridgehead atoms. The summed E-state index contributed by atoms with van der Waals surface area (Å²) >= 11 is 11.8. The second-order valence-corrected chi connectivity index (χ2v) is 6.02. The topological polar surface area (TPSA) is 61.7 Å². The third-order valence-corrected chi connectivity index (χ3v) is 3.61. The van der Waals surface area contributed by atoms with Gasteiger partial charge in [-0.25, -0.2) is 0 Å². The van der Waals surface area contributed by atoms with Crippen molar-refractivity contribution in [3.8, 4) is 5.75 Å². The summed E-state index contributed by atoms with van der Waals surface area (Å²) in [7, 11) is 0. The van der Waals surface area contributed by atoms with Crippen molar-refractivity contribution >= 4 is 23.2 Å². The lowest BCUT2D eigenvalue weighted by molar-refractivity contribution is 0.106. The summed E-state index contributed by atoms with van der Waals surface area (Å²) in [6.45, 7) is 3.64. The fourth-order valence-electron chi connectivity index (χ4n) is 1.77. The maximum absolute atomic E-state index is 9.82. The highest BCUT2D eigenvalue weighted by atomic mass is 35.5. The minimum Gasteiger partial charge on any atom is -0.489 e. The van der Waals surface area contributed by atoms with Gasteiger partial charge in [-0.1, -0.05) is 30.1 Å². The molecule has 21 heavy (non-hydrogen) atoms. The Kier molecular flexibility index (Phi) is 9.04. The van der Waals surface area contributed by atoms with E-state index in [1.807, 2.05) is 6.92 Å². The summed E-state index contributed by atoms with van der Waals surface area (Å²) in [6, 6.07) is 4.97. The van der Waals surface area contributed by atoms with Crippen LogP contribution >= 0.6 is 23.2 Å². The van der Waals surface area contributed by atoms with Crippen molar-refractivity contribution < 1.29 is 14.9 Å². The Morgan fingerprint density at radius 2 is 2.10 bits per heavy atom. The van der Waals surface area contributed by atoms with E-state index in [4.69, 9.17) is 33.0 Å². The minimum absolute atomic E-state index is 0.153. The van der Waals surface area contributed by atoms with Gasteiger partial charge in [0.1, 0.15) is 18.5 Å². The Labute approximate surface area is 136 Å². The van der Waals surface area contributed by atoms with Gasteiger partial charge in [-0.05, 0) is 37.4 Å². The summed E-state index contributed by atoms with van der Waals surface area (Å²) in [6.07, 6.45) is 1.32. The first-order valence-corrected chi connectivity index (χ1v) is 7.86. The van der Waals surface area contributed by atoms with Crippen molar-refractivity contribution in [2.45, 2.75) is 25.9 Å². The maximum atomic E-state index is 9.82. The van der Waals surface area contributed by atoms with Gasteiger partial charge < -0.3 is 20.3 Å². The number of halogens is 2. The summed E-state index contributed by atoms with van der Waals surface area (Å²) in [4.78, 5) is 0. The maximum Gasteiger partial charge on any atom is 0.139 e. The molecule has 0 aromatic heterocycles. The molecule has 0 fully saturated rings. The van der Waals surface area contributed by atoms with Crippen LogP contribution in [0.5, 0.6) is 5.75 Å². The first-order valence-electron chi connectivity index (χ1n) is 7.10. The molecule has 1 aromatic rings. The van der Waals surface area contributed by atoms with Crippen LogP contribution in [0, 0.1) is 5.92 Å². The van der Waals surface area contributed by atoms with E-state index in [1.165, 1.54) is 0 Å². The monoisotopic (exact) mass is 335 g/mol. The normalized spacial score (nSPS) is 14.0. The lowest BCUT2D eigenvalue weighted by Gasteiger charge is -2.14. The van der Waals surface area contributed by atoms with Gasteiger partial charge in [0.25, 0.3) is 0 Å². The van der Waals surface area contributed by atoms with Gasteiger partial charge in [-0.2, -0.15) is 0 Å². The molecular formula is C15H23Cl2NO3. The van der Waals surface area contributed by atoms with Crippen molar-refractivity contribution in [2.24, 2.45) is 5.92 Å². The number of hydrogen-bond acceptors (Lipinski definition) is 4. The predicted molar refractivity (Wildman–Crippen MR) is 86.3 cm³/mol. The van der Waals surface area contributed by atoms with Gasteiger partial charge in [0, 0.05) is 24.2 Å². The fraction of sp³-hybridized carbons (Fsp3) is 0.600. The van der Waals surface area contributed by atoms with E-state index in [0.29, 0.717) is 28.3 Å². The van der Waals surface area contributed by atoms with E-state index in [-0.39, 0.29) is 13.2 Å². The van der Waals surface area contributed by atoms with Crippen LogP contribution in [0.25, 0.3) is 0 Å². The van der Waals surface area contributed by atoms with Gasteiger partial charge in [-0.3, -0.25) is 0 Å². The van der Waals surface area contributed by atoms with E-state index < -0.39 is 6.10 Å². The van der Waals surface area contributed by atoms with Crippen molar-refractivity contribution in [2.75, 3.05) is 26.3 Å². The Morgan fingerprint density at radius 1 is 1.33 bits per heavy atom. The van der Waals surface area contributed by atoms with E-state index in [2.05, 4.69) is 5.32 Å². The SMILES string of the molecule is CC(CO)CCCNCC(O)COc1cc(Cl)ccc1Cl. The molecular weight excluding hydrogens is 313 g/mol. The number of nitrogens with one attached hydrogen (secondary N) is 1. The van der Waals surface area contributed by atoms with Gasteiger partial charge in [-0.15, -0.1) is 0 Å². The standard InChI is InChI=1S/C15H23Cl2NO3/c1-11(9-19)3-2-6-18-8-13(20)10-21-15-7-12(16)4-5-14(15)17/h4-5,7,11,13,18-20H,2-3,6,8-10H2,1H3. The van der Waals surface area contributed by atoms with E-state index in [0.717, 1.165) is 19.4 Å². The number of rotatable bonds is 10. The van der Waals surface area contributed by atoms with Crippen LogP contribution in [-0.2, 0) is 0 Å². The molecule has 0 aliphatic heterocycles. The zero-order valence-corrected chi connectivity index (χ0v) is 13.7. The van der Waals surface area contributed by atoms with Gasteiger partial charge in [0.05, 0.1) is 5.02 Å². The second-order valence-electron chi connectivity index (χ2n) is 5.17. The summed E-state index contributed by atoms with van der Waals surface area (Å²) in [5.74, 6) is 0.796. The number of benzene rings is 1. The summed E-state index contributed by atoms with van der Waals surface area (Å²) in [5, 5.41) is 22.9. The molecule has 4 nitrogen and oxygen atoms in total. The molecule has 0 aliphatic carbocycles. The molecule has 0 saturated heterocycles. The molecule has 120 valence electrons. The highest BCUT2D eigenvalue weighted by molar-refractivity contribution is 6.34. The molecule has 0 aliphatic rings. The van der Waals surface area contributed by atoms with Crippen LogP contribution in [0.15, 0.2) is 18.2 Å². The average molecular weight is 336 g/mol. The average Bonchev–Trinajstić information content (AvgIpc) is 2.47. The van der Waals surface area contributed by atoms with Gasteiger partial charge in [0.2, 0.25) is 0 Å². The molecule has 6 heteroatoms. The van der Waals surface area contributed by atoms with Crippen LogP contribution in [0.2, 0.25) is 10.0 Å². The summed E-state index contributed by atoms with van der Waals surface area (Å²) < 4.78 is 5.45. The third kappa shape index (κ3) is 7.88. The quantitative estimate of drug-likeness (QED) is 0.575. The Balaban J connectivity index is 2.16. The van der Waals surface area contributed by atoms with Crippen molar-refractivity contribution in [1.29, 1.82) is 0 Å². The molecule has 2 unspecified atom stereocenters. The second kappa shape index (κ2) is 10.2. The number of aliphatic hydroxyl groups excluding tert-OH is 2. The molecule has 0 amide bonds. The predicted octanol–water partition coefficient (Wildman–Crippen LogP) is 2.73. The van der Waals surface area contributed by atoms with Crippen LogP contribution in [0.3, 0.4) is 0 Å². The Bertz CT molecular complexity index is 418. The lowest BCUT2D eigenvalue weighted by Crippen LogP contribution is -2.32. The van der Waals surface area contributed by atoms with Gasteiger partial charge >= 0.3 is 0 Å². The number of hydrogen-bond donors (Lipinski definition) is 3. The molecule has 0 spiro atoms. The van der Waals surface area contributed by atoms with Crippen LogP contribution < -0.4 is 10.1 Å². The number of aliphatic hydroxyl groups is 2. The Morgan fingerprint density at radius 3 is 2.81 bits per heavy atom. The lowest BCUT2D eigenvalue weighted by atomic mass is 10.1. The van der Waals surface area contributed by atoms with Gasteiger partial charge in [0.15, 0.2) is 0 Å². The number of ether oxygens (including phenoxy) is 1. The minimum atomic E-state index is -0.615. The van der Waals surface area contributed by atoms with Crippen LogP contribution in [0.1, 0.15) is 19.8 Å². The molecule has 0 heterocycles. The smallest absolute Gasteiger partial charge is 0.139 e. The fourth-order valence-corrected chi connectivity index (χ4v) is 2.10. The van der Waals surface area contributed by atoms with Crippen molar-refractivity contribution in [3.63, 3.8) is 0 Å². The highest BCUT2D eigenvalue weighted by Gasteiger charge is 2.08. The molecule has 1 aromatic carbocycles. The van der Waals surface area contributed by atoms with Crippen molar-refractivity contribution in [3.05, 3.63) is 28.2 Å². The molecule has 0 saturated carbocycles. The largest absolute Gasteiger partial charge is 0.489 e. The van der Waals surface area contributed by atoms with Crippen LogP contribution in [-0.4, -0.2) is 42.6 Å². The highest BCUT2D eigenvalue weighted by Crippen LogP contribution is 2.27. The molecule has 1 rings (SSSR count). The molecule has 3 N–H and O–H groups in total. The van der Waals surface area contributed by atoms with E-state index in [1.54, 1.807) is 18.2 Å². The first-order chi connectivity index (χ1) is 10.0. The van der Waals surface area contributed by atoms with E-state index in [9.17, 15) is 5.11 Å². The summed E-state index contributed by atoms with van der Waals surface area (Å²) in [5.41, 5.74) is 0. The molecule has 2 atom stereocenters. The zero-order chi connectivity index (χ0) is 15.7. The first kappa shape index (κ1) is 18.5. The molecule has 0 radical (unpaired) electrons. The Hall–Kier alpha value is -0.520. The van der Waals surface area contributed by atoms with E-state index >= 15 is 0 Å². The van der Waals surface area contributed by atoms with Crippen LogP contribution in [0.4, 0.5) is 0 Å². The zero-order valence-electron chi connectivity index (χ0n) is 12.2.